The van der Waals surface area contributed by atoms with E-state index in [0.29, 0.717) is 18.6 Å². The van der Waals surface area contributed by atoms with Gasteiger partial charge in [0.1, 0.15) is 6.29 Å². The summed E-state index contributed by atoms with van der Waals surface area (Å²) in [6.07, 6.45) is 40.2. The van der Waals surface area contributed by atoms with Crippen molar-refractivity contribution in [3.8, 4) is 0 Å². The molecule has 0 amide bonds. The van der Waals surface area contributed by atoms with Gasteiger partial charge in [-0.05, 0) is 74.9 Å². The molecular weight excluding hydrogens is 787 g/mol. The van der Waals surface area contributed by atoms with Gasteiger partial charge in [0.2, 0.25) is 0 Å². The summed E-state index contributed by atoms with van der Waals surface area (Å²) in [6, 6.07) is 0. The monoisotopic (exact) mass is 881 g/mol. The summed E-state index contributed by atoms with van der Waals surface area (Å²) < 4.78 is 46.0. The third-order valence-corrected chi connectivity index (χ3v) is 11.3. The van der Waals surface area contributed by atoms with Crippen molar-refractivity contribution in [2.45, 2.75) is 237 Å². The third-order valence-electron chi connectivity index (χ3n) is 11.3. The van der Waals surface area contributed by atoms with Gasteiger partial charge in [-0.1, -0.05) is 135 Å². The molecule has 1 aliphatic carbocycles. The average molecular weight is 882 g/mol. The molecule has 0 spiro atoms. The van der Waals surface area contributed by atoms with Crippen LogP contribution in [-0.4, -0.2) is 89.2 Å². The molecule has 59 heavy (non-hydrogen) atoms. The average Bonchev–Trinajstić information content (AvgIpc) is 3.21. The lowest BCUT2D eigenvalue weighted by Crippen LogP contribution is -2.41. The SMILES string of the molecule is C=CCCCCCCCCCC=O.CCCCCCCCCCOC1CCCC(COC2CC(OCCC(CCCCCCC)OC)CC(COC)O2)C1.CP(=O)(O)Cl. The first-order valence-corrected chi connectivity index (χ1v) is 27.2. The summed E-state index contributed by atoms with van der Waals surface area (Å²) in [5.74, 6) is 0.554. The summed E-state index contributed by atoms with van der Waals surface area (Å²) in [5.41, 5.74) is 0. The van der Waals surface area contributed by atoms with Crippen molar-refractivity contribution < 1.29 is 42.7 Å². The Kier molecular flexibility index (Phi) is 42.7. The van der Waals surface area contributed by atoms with Crippen molar-refractivity contribution in [1.82, 2.24) is 0 Å². The van der Waals surface area contributed by atoms with Crippen LogP contribution in [0.25, 0.3) is 0 Å². The molecule has 2 fully saturated rings. The fourth-order valence-electron chi connectivity index (χ4n) is 7.86. The number of hydrogen-bond donors (Lipinski definition) is 1. The van der Waals surface area contributed by atoms with Gasteiger partial charge in [0.05, 0.1) is 37.6 Å². The van der Waals surface area contributed by atoms with Crippen LogP contribution in [0.15, 0.2) is 12.7 Å². The molecule has 0 aromatic rings. The highest BCUT2D eigenvalue weighted by Gasteiger charge is 2.32. The van der Waals surface area contributed by atoms with Gasteiger partial charge >= 0.3 is 0 Å². The molecule has 1 aliphatic heterocycles. The number of methoxy groups -OCH3 is 2. The fourth-order valence-corrected chi connectivity index (χ4v) is 7.86. The van der Waals surface area contributed by atoms with Crippen molar-refractivity contribution >= 4 is 24.2 Å². The second-order valence-corrected chi connectivity index (χ2v) is 20.5. The predicted molar refractivity (Wildman–Crippen MR) is 248 cm³/mol. The number of carbonyl (C=O) groups is 1. The van der Waals surface area contributed by atoms with E-state index in [-0.39, 0.29) is 24.6 Å². The van der Waals surface area contributed by atoms with E-state index in [0.717, 1.165) is 84.1 Å². The van der Waals surface area contributed by atoms with E-state index < -0.39 is 6.72 Å². The number of allylic oxidation sites excluding steroid dienone is 1. The molecule has 1 N–H and O–H groups in total. The van der Waals surface area contributed by atoms with E-state index in [9.17, 15) is 9.36 Å². The molecule has 2 rings (SSSR count). The first-order chi connectivity index (χ1) is 28.6. The van der Waals surface area contributed by atoms with Gasteiger partial charge in [0, 0.05) is 53.4 Å². The Morgan fingerprint density at radius 2 is 1.27 bits per heavy atom. The lowest BCUT2D eigenvalue weighted by Gasteiger charge is -2.36. The maximum atomic E-state index is 10.0. The van der Waals surface area contributed by atoms with Crippen LogP contribution in [-0.2, 0) is 37.8 Å². The topological polar surface area (TPSA) is 110 Å². The normalized spacial score (nSPS) is 22.0. The maximum absolute atomic E-state index is 10.0. The van der Waals surface area contributed by atoms with E-state index in [2.05, 4.69) is 31.7 Å². The van der Waals surface area contributed by atoms with E-state index in [1.165, 1.54) is 141 Å². The minimum Gasteiger partial charge on any atom is -0.382 e. The van der Waals surface area contributed by atoms with E-state index in [1.807, 2.05) is 13.2 Å². The molecule has 7 unspecified atom stereocenters. The molecule has 11 heteroatoms. The quantitative estimate of drug-likeness (QED) is 0.0285. The smallest absolute Gasteiger partial charge is 0.284 e. The molecule has 0 bridgehead atoms. The highest BCUT2D eigenvalue weighted by molar-refractivity contribution is 7.83. The molecule has 0 radical (unpaired) electrons. The Balaban J connectivity index is 0.00000155. The zero-order valence-electron chi connectivity index (χ0n) is 38.9. The summed E-state index contributed by atoms with van der Waals surface area (Å²) in [5, 5.41) is 0. The second kappa shape index (κ2) is 42.9. The highest BCUT2D eigenvalue weighted by Crippen LogP contribution is 2.40. The number of aldehydes is 1. The van der Waals surface area contributed by atoms with Crippen molar-refractivity contribution in [2.24, 2.45) is 5.92 Å². The van der Waals surface area contributed by atoms with Gasteiger partial charge in [0.15, 0.2) is 6.29 Å². The van der Waals surface area contributed by atoms with Crippen molar-refractivity contribution in [3.63, 3.8) is 0 Å². The van der Waals surface area contributed by atoms with Crippen molar-refractivity contribution in [3.05, 3.63) is 12.7 Å². The van der Waals surface area contributed by atoms with Crippen molar-refractivity contribution in [1.29, 1.82) is 0 Å². The largest absolute Gasteiger partial charge is 0.382 e. The molecule has 1 heterocycles. The van der Waals surface area contributed by atoms with Gasteiger partial charge in [-0.15, -0.1) is 6.58 Å². The van der Waals surface area contributed by atoms with Crippen LogP contribution >= 0.6 is 18.0 Å². The fraction of sp³-hybridized carbons (Fsp3) is 0.938. The Hall–Kier alpha value is -0.350. The van der Waals surface area contributed by atoms with E-state index >= 15 is 0 Å². The molecule has 9 nitrogen and oxygen atoms in total. The van der Waals surface area contributed by atoms with Crippen LogP contribution in [0.4, 0.5) is 0 Å². The van der Waals surface area contributed by atoms with Gasteiger partial charge in [-0.2, -0.15) is 0 Å². The summed E-state index contributed by atoms with van der Waals surface area (Å²) in [7, 11) is 3.57. The Bertz CT molecular complexity index is 931. The molecule has 0 aromatic carbocycles. The summed E-state index contributed by atoms with van der Waals surface area (Å²) >= 11 is 4.64. The Labute approximate surface area is 368 Å². The lowest BCUT2D eigenvalue weighted by atomic mass is 9.87. The van der Waals surface area contributed by atoms with Crippen LogP contribution in [0.5, 0.6) is 0 Å². The number of halogens is 1. The number of carbonyl (C=O) groups excluding carboxylic acids is 1. The van der Waals surface area contributed by atoms with Gasteiger partial charge in [-0.25, -0.2) is 0 Å². The number of unbranched alkanes of at least 4 members (excludes halogenated alkanes) is 19. The minimum absolute atomic E-state index is 0.0228. The predicted octanol–water partition coefficient (Wildman–Crippen LogP) is 13.9. The van der Waals surface area contributed by atoms with Crippen LogP contribution < -0.4 is 0 Å². The first-order valence-electron chi connectivity index (χ1n) is 24.2. The summed E-state index contributed by atoms with van der Waals surface area (Å²) in [4.78, 5) is 17.8. The van der Waals surface area contributed by atoms with Crippen LogP contribution in [0.3, 0.4) is 0 Å². The van der Waals surface area contributed by atoms with Crippen LogP contribution in [0.2, 0.25) is 0 Å². The minimum atomic E-state index is -3.17. The first kappa shape index (κ1) is 58.6. The third kappa shape index (κ3) is 41.4. The molecule has 1 saturated heterocycles. The number of rotatable bonds is 36. The number of ether oxygens (including phenoxy) is 6. The van der Waals surface area contributed by atoms with Crippen molar-refractivity contribution in [2.75, 3.05) is 47.3 Å². The number of hydrogen-bond acceptors (Lipinski definition) is 8. The molecular formula is C48H94ClO9P. The van der Waals surface area contributed by atoms with Crippen LogP contribution in [0, 0.1) is 5.92 Å². The highest BCUT2D eigenvalue weighted by atomic mass is 35.7. The Morgan fingerprint density at radius 3 is 1.85 bits per heavy atom. The van der Waals surface area contributed by atoms with E-state index in [4.69, 9.17) is 33.3 Å². The van der Waals surface area contributed by atoms with Gasteiger partial charge in [-0.3, -0.25) is 4.57 Å². The molecule has 7 atom stereocenters. The Morgan fingerprint density at radius 1 is 0.712 bits per heavy atom. The molecule has 352 valence electrons. The van der Waals surface area contributed by atoms with E-state index in [1.54, 1.807) is 7.11 Å². The zero-order valence-corrected chi connectivity index (χ0v) is 40.6. The molecule has 0 aromatic heterocycles. The molecule has 2 aliphatic rings. The lowest BCUT2D eigenvalue weighted by molar-refractivity contribution is -0.234. The standard InChI is InChI=1S/C35H68O6.C12H22O.CH4ClO2P/c1-5-7-9-11-12-13-15-17-23-38-32-21-18-19-30(25-32)28-40-35-27-33(26-34(41-35)29-36-3)39-24-22-31(37-4)20-16-14-10-8-6-2;1-2-3-4-5-6-7-8-9-10-11-12-13;1-5(2,3)4/h30-35H,5-29H2,1-4H3;2,12H,1,3-11H2;1H3,(H,3,4). The van der Waals surface area contributed by atoms with Crippen LogP contribution in [0.1, 0.15) is 206 Å². The zero-order chi connectivity index (χ0) is 43.7. The van der Waals surface area contributed by atoms with Gasteiger partial charge < -0.3 is 38.1 Å². The summed E-state index contributed by atoms with van der Waals surface area (Å²) in [6.45, 7) is 9.11. The van der Waals surface area contributed by atoms with Gasteiger partial charge in [0.25, 0.3) is 6.72 Å². The molecule has 1 saturated carbocycles. The second-order valence-electron chi connectivity index (χ2n) is 17.1. The maximum Gasteiger partial charge on any atom is 0.284 e.